The zero-order valence-corrected chi connectivity index (χ0v) is 20.4. The molecule has 0 rings (SSSR count). The quantitative estimate of drug-likeness (QED) is 0.382. The largest absolute Gasteiger partial charge is 2.00 e. The number of Topliss-reactive ketones (excluding diaryl/α,β-unsaturated/α-hetero) is 4. The Bertz CT molecular complexity index is 421. The molecule has 0 aliphatic rings. The Morgan fingerprint density at radius 2 is 0.655 bits per heavy atom. The summed E-state index contributed by atoms with van der Waals surface area (Å²) in [6.45, 7) is 11.1. The molecule has 0 radical (unpaired) electrons. The number of aliphatic hydroxyl groups excluding tert-OH is 2. The number of ketones is 4. The van der Waals surface area contributed by atoms with Crippen molar-refractivity contribution in [1.82, 2.24) is 0 Å². The van der Waals surface area contributed by atoms with Crippen LogP contribution in [0, 0.1) is 11.8 Å². The van der Waals surface area contributed by atoms with Gasteiger partial charge in [0.2, 0.25) is 0 Å². The molecule has 0 aromatic heterocycles. The summed E-state index contributed by atoms with van der Waals surface area (Å²) < 4.78 is 0. The van der Waals surface area contributed by atoms with E-state index in [0.717, 1.165) is 27.7 Å². The number of aliphatic carboxylic acids is 2. The first-order valence-electron chi connectivity index (χ1n) is 8.19. The average Bonchev–Trinajstić information content (AvgIpc) is 2.33. The first-order chi connectivity index (χ1) is 12.4. The zero-order chi connectivity index (χ0) is 23.8. The second kappa shape index (κ2) is 21.1. The van der Waals surface area contributed by atoms with Crippen LogP contribution < -0.4 is 10.2 Å². The normalized spacial score (nSPS) is 9.03. The molecule has 2 N–H and O–H groups in total. The molecule has 0 spiro atoms. The zero-order valence-electron chi connectivity index (χ0n) is 18.0. The molecule has 29 heavy (non-hydrogen) atoms. The molecule has 0 amide bonds. The summed E-state index contributed by atoms with van der Waals surface area (Å²) in [6.07, 6.45) is -0.333. The number of carboxylic acid groups (broad SMARTS) is 2. The maximum absolute atomic E-state index is 10.4. The van der Waals surface area contributed by atoms with Crippen molar-refractivity contribution in [2.45, 2.75) is 67.6 Å². The topological polar surface area (TPSA) is 189 Å². The average molecular weight is 498 g/mol. The van der Waals surface area contributed by atoms with Gasteiger partial charge in [0.05, 0.1) is 11.9 Å². The molecule has 166 valence electrons. The Hall–Kier alpha value is -1.58. The summed E-state index contributed by atoms with van der Waals surface area (Å²) in [4.78, 5) is 61.6. The second-order valence-electron chi connectivity index (χ2n) is 6.13. The van der Waals surface area contributed by atoms with Crippen molar-refractivity contribution in [2.24, 2.45) is 11.8 Å². The number of aliphatic hydroxyl groups is 2. The molecule has 0 saturated heterocycles. The molecule has 0 unspecified atom stereocenters. The van der Waals surface area contributed by atoms with Crippen LogP contribution in [0.1, 0.15) is 55.4 Å². The van der Waals surface area contributed by atoms with Crippen LogP contribution in [0.5, 0.6) is 0 Å². The van der Waals surface area contributed by atoms with E-state index in [1.165, 1.54) is 0 Å². The van der Waals surface area contributed by atoms with Gasteiger partial charge in [-0.1, -0.05) is 0 Å². The summed E-state index contributed by atoms with van der Waals surface area (Å²) in [5.41, 5.74) is 0. The van der Waals surface area contributed by atoms with Crippen LogP contribution in [0.4, 0.5) is 0 Å². The van der Waals surface area contributed by atoms with Crippen LogP contribution in [0.3, 0.4) is 0 Å². The van der Waals surface area contributed by atoms with Crippen LogP contribution >= 0.6 is 0 Å². The van der Waals surface area contributed by atoms with Crippen LogP contribution in [-0.2, 0) is 55.0 Å². The second-order valence-corrected chi connectivity index (χ2v) is 6.13. The van der Waals surface area contributed by atoms with Gasteiger partial charge >= 0.3 is 26.2 Å². The Morgan fingerprint density at radius 3 is 0.655 bits per heavy atom. The number of carboxylic acids is 2. The monoisotopic (exact) mass is 496 g/mol. The van der Waals surface area contributed by atoms with Gasteiger partial charge in [0.25, 0.3) is 0 Å². The van der Waals surface area contributed by atoms with Crippen molar-refractivity contribution in [1.29, 1.82) is 0 Å². The number of rotatable bonds is 6. The third-order valence-electron chi connectivity index (χ3n) is 2.10. The summed E-state index contributed by atoms with van der Waals surface area (Å²) in [5.74, 6) is -9.17. The van der Waals surface area contributed by atoms with Gasteiger partial charge in [0, 0.05) is 12.2 Å². The summed E-state index contributed by atoms with van der Waals surface area (Å²) >= 11 is 0. The van der Waals surface area contributed by atoms with E-state index in [4.69, 9.17) is 10.2 Å². The molecule has 0 fully saturated rings. The van der Waals surface area contributed by atoms with Gasteiger partial charge in [-0.15, -0.1) is 0 Å². The number of carbonyl (C=O) groups excluding carboxylic acids is 6. The predicted octanol–water partition coefficient (Wildman–Crippen LogP) is -2.17. The fourth-order valence-electron chi connectivity index (χ4n) is 1.24. The van der Waals surface area contributed by atoms with Gasteiger partial charge in [0.1, 0.15) is 35.0 Å². The molecule has 0 aliphatic carbocycles. The fourth-order valence-corrected chi connectivity index (χ4v) is 1.24. The minimum Gasteiger partial charge on any atom is -0.549 e. The molecule has 0 atom stereocenters. The van der Waals surface area contributed by atoms with Gasteiger partial charge in [-0.2, -0.15) is 0 Å². The predicted molar refractivity (Wildman–Crippen MR) is 94.4 cm³/mol. The number of hydrogen-bond donors (Lipinski definition) is 2. The van der Waals surface area contributed by atoms with Crippen molar-refractivity contribution in [2.75, 3.05) is 0 Å². The van der Waals surface area contributed by atoms with Gasteiger partial charge in [-0.05, 0) is 55.4 Å². The Kier molecular flexibility index (Phi) is 27.8. The van der Waals surface area contributed by atoms with E-state index in [0.29, 0.717) is 0 Å². The van der Waals surface area contributed by atoms with Gasteiger partial charge in [0.15, 0.2) is 0 Å². The molecule has 0 saturated carbocycles. The molecule has 0 aromatic rings. The van der Waals surface area contributed by atoms with E-state index in [2.05, 4.69) is 0 Å². The SMILES string of the molecule is CC(=O)C(C(C)=O)C(=O)[O-].CC(=O)C(C(C)=O)C(=O)[O-].CC(C)O.CC(C)O.[Zr+2]. The molecular formula is C18H30O10Zr. The van der Waals surface area contributed by atoms with E-state index in [-0.39, 0.29) is 38.4 Å². The molecule has 0 bridgehead atoms. The molecular weight excluding hydrogens is 467 g/mol. The molecule has 0 heterocycles. The third-order valence-corrected chi connectivity index (χ3v) is 2.10. The minimum atomic E-state index is -1.62. The van der Waals surface area contributed by atoms with Crippen molar-refractivity contribution in [3.8, 4) is 0 Å². The third kappa shape index (κ3) is 31.3. The number of hydrogen-bond acceptors (Lipinski definition) is 10. The fraction of sp³-hybridized carbons (Fsp3) is 0.667. The van der Waals surface area contributed by atoms with Gasteiger partial charge in [-0.25, -0.2) is 0 Å². The van der Waals surface area contributed by atoms with Crippen molar-refractivity contribution < 1.29 is 75.4 Å². The Labute approximate surface area is 189 Å². The summed E-state index contributed by atoms with van der Waals surface area (Å²) in [7, 11) is 0. The van der Waals surface area contributed by atoms with E-state index >= 15 is 0 Å². The summed E-state index contributed by atoms with van der Waals surface area (Å²) in [6, 6.07) is 0. The standard InChI is InChI=1S/2C6H8O4.2C3H8O.Zr/c2*1-3(7)5(4(2)8)6(9)10;2*1-3(2)4;/h2*5H,1-2H3,(H,9,10);2*3-4H,1-2H3;/q;;;;+2/p-2. The van der Waals surface area contributed by atoms with Crippen molar-refractivity contribution in [3.05, 3.63) is 0 Å². The Balaban J connectivity index is -0.0000000950. The van der Waals surface area contributed by atoms with Gasteiger partial charge in [-0.3, -0.25) is 19.2 Å². The van der Waals surface area contributed by atoms with Crippen LogP contribution in [0.25, 0.3) is 0 Å². The molecule has 0 aromatic carbocycles. The van der Waals surface area contributed by atoms with Crippen molar-refractivity contribution in [3.63, 3.8) is 0 Å². The summed E-state index contributed by atoms with van der Waals surface area (Å²) in [5, 5.41) is 36.2. The molecule has 10 nitrogen and oxygen atoms in total. The smallest absolute Gasteiger partial charge is 0.549 e. The maximum atomic E-state index is 10.4. The first-order valence-corrected chi connectivity index (χ1v) is 8.19. The molecule has 11 heteroatoms. The molecule has 0 aliphatic heterocycles. The first kappa shape index (κ1) is 38.1. The van der Waals surface area contributed by atoms with Crippen molar-refractivity contribution >= 4 is 35.1 Å². The van der Waals surface area contributed by atoms with Crippen LogP contribution in [0.15, 0.2) is 0 Å². The van der Waals surface area contributed by atoms with E-state index in [1.807, 2.05) is 0 Å². The maximum Gasteiger partial charge on any atom is 2.00 e. The van der Waals surface area contributed by atoms with E-state index in [9.17, 15) is 39.0 Å². The Morgan fingerprint density at radius 1 is 0.552 bits per heavy atom. The van der Waals surface area contributed by atoms with Crippen LogP contribution in [-0.4, -0.2) is 57.5 Å². The van der Waals surface area contributed by atoms with E-state index in [1.54, 1.807) is 27.7 Å². The minimum absolute atomic E-state index is 0. The van der Waals surface area contributed by atoms with E-state index < -0.39 is 46.9 Å². The number of carbonyl (C=O) groups is 6. The van der Waals surface area contributed by atoms with Gasteiger partial charge < -0.3 is 30.0 Å². The van der Waals surface area contributed by atoms with Crippen LogP contribution in [0.2, 0.25) is 0 Å².